The zero-order valence-electron chi connectivity index (χ0n) is 14.8. The summed E-state index contributed by atoms with van der Waals surface area (Å²) in [7, 11) is 0. The van der Waals surface area contributed by atoms with Crippen molar-refractivity contribution >= 4 is 17.7 Å². The van der Waals surface area contributed by atoms with Crippen molar-refractivity contribution in [3.8, 4) is 5.75 Å². The Morgan fingerprint density at radius 3 is 2.68 bits per heavy atom. The standard InChI is InChI=1S/C21H25NO2S/c1-4-15-25-20-12-8-6-10-18(20)21(23)22-13-14-24-19-11-7-5-9-17(19)16(2)3/h4-12,16H,1,13-15H2,2-3H3,(H,22,23). The van der Waals surface area contributed by atoms with E-state index in [1.165, 1.54) is 5.56 Å². The Morgan fingerprint density at radius 1 is 1.20 bits per heavy atom. The number of hydrogen-bond donors (Lipinski definition) is 1. The molecule has 0 spiro atoms. The summed E-state index contributed by atoms with van der Waals surface area (Å²) in [6.07, 6.45) is 1.83. The molecule has 3 nitrogen and oxygen atoms in total. The van der Waals surface area contributed by atoms with E-state index in [1.54, 1.807) is 11.8 Å². The van der Waals surface area contributed by atoms with Crippen molar-refractivity contribution < 1.29 is 9.53 Å². The Kier molecular flexibility index (Phi) is 7.61. The molecule has 4 heteroatoms. The van der Waals surface area contributed by atoms with Gasteiger partial charge in [-0.1, -0.05) is 50.3 Å². The van der Waals surface area contributed by atoms with Gasteiger partial charge in [-0.15, -0.1) is 18.3 Å². The molecular weight excluding hydrogens is 330 g/mol. The molecule has 0 saturated carbocycles. The fraction of sp³-hybridized carbons (Fsp3) is 0.286. The monoisotopic (exact) mass is 355 g/mol. The van der Waals surface area contributed by atoms with E-state index in [-0.39, 0.29) is 5.91 Å². The number of nitrogens with one attached hydrogen (secondary N) is 1. The summed E-state index contributed by atoms with van der Waals surface area (Å²) in [5.74, 6) is 1.99. The number of amides is 1. The Hall–Kier alpha value is -2.20. The van der Waals surface area contributed by atoms with Gasteiger partial charge in [0.15, 0.2) is 0 Å². The summed E-state index contributed by atoms with van der Waals surface area (Å²) in [5, 5.41) is 2.93. The quantitative estimate of drug-likeness (QED) is 0.395. The van der Waals surface area contributed by atoms with Crippen molar-refractivity contribution in [3.05, 3.63) is 72.3 Å². The molecule has 1 N–H and O–H groups in total. The van der Waals surface area contributed by atoms with Gasteiger partial charge in [0.05, 0.1) is 12.1 Å². The van der Waals surface area contributed by atoms with Gasteiger partial charge in [0.25, 0.3) is 5.91 Å². The summed E-state index contributed by atoms with van der Waals surface area (Å²) >= 11 is 1.61. The van der Waals surface area contributed by atoms with E-state index < -0.39 is 0 Å². The van der Waals surface area contributed by atoms with Gasteiger partial charge in [-0.3, -0.25) is 4.79 Å². The summed E-state index contributed by atoms with van der Waals surface area (Å²) in [4.78, 5) is 13.4. The first kappa shape index (κ1) is 19.1. The van der Waals surface area contributed by atoms with Crippen LogP contribution in [-0.4, -0.2) is 24.8 Å². The highest BCUT2D eigenvalue weighted by molar-refractivity contribution is 7.99. The molecule has 0 unspecified atom stereocenters. The number of carbonyl (C=O) groups is 1. The van der Waals surface area contributed by atoms with E-state index in [0.29, 0.717) is 24.6 Å². The van der Waals surface area contributed by atoms with Crippen LogP contribution in [0, 0.1) is 0 Å². The second-order valence-corrected chi connectivity index (χ2v) is 6.95. The van der Waals surface area contributed by atoms with E-state index in [4.69, 9.17) is 4.74 Å². The minimum Gasteiger partial charge on any atom is -0.491 e. The largest absolute Gasteiger partial charge is 0.491 e. The van der Waals surface area contributed by atoms with E-state index >= 15 is 0 Å². The minimum absolute atomic E-state index is 0.0760. The predicted molar refractivity (Wildman–Crippen MR) is 106 cm³/mol. The molecule has 132 valence electrons. The lowest BCUT2D eigenvalue weighted by molar-refractivity contribution is 0.0944. The fourth-order valence-electron chi connectivity index (χ4n) is 2.44. The molecule has 0 aliphatic carbocycles. The van der Waals surface area contributed by atoms with Gasteiger partial charge in [0, 0.05) is 10.6 Å². The molecule has 0 heterocycles. The molecule has 0 aromatic heterocycles. The lowest BCUT2D eigenvalue weighted by Crippen LogP contribution is -2.28. The smallest absolute Gasteiger partial charge is 0.252 e. The number of carbonyl (C=O) groups excluding carboxylic acids is 1. The highest BCUT2D eigenvalue weighted by Gasteiger charge is 2.11. The van der Waals surface area contributed by atoms with E-state index in [2.05, 4.69) is 31.8 Å². The van der Waals surface area contributed by atoms with Gasteiger partial charge in [-0.05, 0) is 29.7 Å². The van der Waals surface area contributed by atoms with E-state index in [9.17, 15) is 4.79 Å². The van der Waals surface area contributed by atoms with Crippen LogP contribution >= 0.6 is 11.8 Å². The van der Waals surface area contributed by atoms with Gasteiger partial charge < -0.3 is 10.1 Å². The summed E-state index contributed by atoms with van der Waals surface area (Å²) in [6.45, 7) is 8.91. The second kappa shape index (κ2) is 9.94. The Bertz CT molecular complexity index is 713. The highest BCUT2D eigenvalue weighted by Crippen LogP contribution is 2.25. The third kappa shape index (κ3) is 5.68. The highest BCUT2D eigenvalue weighted by atomic mass is 32.2. The van der Waals surface area contributed by atoms with Crippen LogP contribution in [0.2, 0.25) is 0 Å². The minimum atomic E-state index is -0.0760. The maximum absolute atomic E-state index is 12.4. The molecule has 0 fully saturated rings. The van der Waals surface area contributed by atoms with E-state index in [0.717, 1.165) is 16.4 Å². The van der Waals surface area contributed by atoms with Crippen LogP contribution in [0.15, 0.2) is 66.1 Å². The maximum atomic E-state index is 12.4. The summed E-state index contributed by atoms with van der Waals surface area (Å²) in [6, 6.07) is 15.6. The molecule has 0 radical (unpaired) electrons. The molecule has 0 bridgehead atoms. The second-order valence-electron chi connectivity index (χ2n) is 5.89. The van der Waals surface area contributed by atoms with Crippen LogP contribution in [0.3, 0.4) is 0 Å². The van der Waals surface area contributed by atoms with Crippen LogP contribution in [0.25, 0.3) is 0 Å². The predicted octanol–water partition coefficient (Wildman–Crippen LogP) is 4.90. The topological polar surface area (TPSA) is 38.3 Å². The van der Waals surface area contributed by atoms with Gasteiger partial charge in [-0.2, -0.15) is 0 Å². The average molecular weight is 356 g/mol. The van der Waals surface area contributed by atoms with Crippen molar-refractivity contribution in [2.24, 2.45) is 0 Å². The van der Waals surface area contributed by atoms with Crippen molar-refractivity contribution in [1.29, 1.82) is 0 Å². The van der Waals surface area contributed by atoms with Crippen molar-refractivity contribution in [1.82, 2.24) is 5.32 Å². The van der Waals surface area contributed by atoms with Gasteiger partial charge in [-0.25, -0.2) is 0 Å². The zero-order chi connectivity index (χ0) is 18.1. The Labute approximate surface area is 154 Å². The molecule has 0 atom stereocenters. The molecule has 0 saturated heterocycles. The van der Waals surface area contributed by atoms with Crippen molar-refractivity contribution in [2.45, 2.75) is 24.7 Å². The molecular formula is C21H25NO2S. The summed E-state index contributed by atoms with van der Waals surface area (Å²) in [5.41, 5.74) is 1.87. The van der Waals surface area contributed by atoms with Crippen molar-refractivity contribution in [3.63, 3.8) is 0 Å². The van der Waals surface area contributed by atoms with E-state index in [1.807, 2.05) is 48.5 Å². The number of hydrogen-bond acceptors (Lipinski definition) is 3. The first-order valence-corrected chi connectivity index (χ1v) is 9.44. The Morgan fingerprint density at radius 2 is 1.92 bits per heavy atom. The molecule has 1 amide bonds. The molecule has 2 rings (SSSR count). The van der Waals surface area contributed by atoms with Gasteiger partial charge in [0.1, 0.15) is 12.4 Å². The fourth-order valence-corrected chi connectivity index (χ4v) is 3.23. The van der Waals surface area contributed by atoms with Gasteiger partial charge in [0.2, 0.25) is 0 Å². The lowest BCUT2D eigenvalue weighted by atomic mass is 10.0. The first-order chi connectivity index (χ1) is 12.1. The number of benzene rings is 2. The van der Waals surface area contributed by atoms with Crippen LogP contribution in [-0.2, 0) is 0 Å². The Balaban J connectivity index is 1.88. The zero-order valence-corrected chi connectivity index (χ0v) is 15.6. The number of rotatable bonds is 9. The summed E-state index contributed by atoms with van der Waals surface area (Å²) < 4.78 is 5.85. The van der Waals surface area contributed by atoms with Crippen LogP contribution in [0.5, 0.6) is 5.75 Å². The molecule has 2 aromatic rings. The molecule has 2 aromatic carbocycles. The molecule has 25 heavy (non-hydrogen) atoms. The first-order valence-electron chi connectivity index (χ1n) is 8.46. The van der Waals surface area contributed by atoms with Crippen molar-refractivity contribution in [2.75, 3.05) is 18.9 Å². The third-order valence-corrected chi connectivity index (χ3v) is 4.74. The molecule has 0 aliphatic rings. The van der Waals surface area contributed by atoms with Crippen LogP contribution in [0.4, 0.5) is 0 Å². The lowest BCUT2D eigenvalue weighted by Gasteiger charge is -2.14. The maximum Gasteiger partial charge on any atom is 0.252 e. The van der Waals surface area contributed by atoms with Crippen LogP contribution in [0.1, 0.15) is 35.7 Å². The van der Waals surface area contributed by atoms with Crippen LogP contribution < -0.4 is 10.1 Å². The van der Waals surface area contributed by atoms with Gasteiger partial charge >= 0.3 is 0 Å². The number of ether oxygens (including phenoxy) is 1. The number of thioether (sulfide) groups is 1. The SMILES string of the molecule is C=CCSc1ccccc1C(=O)NCCOc1ccccc1C(C)C. The molecule has 0 aliphatic heterocycles. The average Bonchev–Trinajstić information content (AvgIpc) is 2.63. The number of para-hydroxylation sites is 1. The normalized spacial score (nSPS) is 10.5. The third-order valence-electron chi connectivity index (χ3n) is 3.67.